The molecular weight excluding hydrogens is 140 g/mol. The van der Waals surface area contributed by atoms with Gasteiger partial charge in [-0.15, -0.1) is 0 Å². The molecule has 3 nitrogen and oxygen atoms in total. The summed E-state index contributed by atoms with van der Waals surface area (Å²) in [5.41, 5.74) is 0. The molecule has 2 aromatic heterocycles. The van der Waals surface area contributed by atoms with Gasteiger partial charge in [0.05, 0.1) is 0 Å². The number of aromatic nitrogens is 2. The molecule has 2 rings (SSSR count). The van der Waals surface area contributed by atoms with Crippen LogP contribution in [-0.4, -0.2) is 9.46 Å². The predicted octanol–water partition coefficient (Wildman–Crippen LogP) is 1.18. The smallest absolute Gasteiger partial charge is 0.0464 e. The lowest BCUT2D eigenvalue weighted by atomic mass is 10.7. The van der Waals surface area contributed by atoms with Crippen LogP contribution >= 0.6 is 0 Å². The molecule has 0 saturated carbocycles. The SMILES string of the molecule is c1ccn(On2cccc2)c1. The van der Waals surface area contributed by atoms with Gasteiger partial charge < -0.3 is 0 Å². The number of nitrogens with zero attached hydrogens (tertiary/aromatic N) is 2. The van der Waals surface area contributed by atoms with Crippen molar-refractivity contribution in [3.8, 4) is 0 Å². The Morgan fingerprint density at radius 1 is 0.636 bits per heavy atom. The van der Waals surface area contributed by atoms with Gasteiger partial charge in [0.25, 0.3) is 0 Å². The summed E-state index contributed by atoms with van der Waals surface area (Å²) in [5.74, 6) is 0. The zero-order valence-corrected chi connectivity index (χ0v) is 5.92. The van der Waals surface area contributed by atoms with Crippen molar-refractivity contribution in [2.75, 3.05) is 0 Å². The van der Waals surface area contributed by atoms with Crippen LogP contribution in [0.1, 0.15) is 0 Å². The van der Waals surface area contributed by atoms with Crippen LogP contribution < -0.4 is 4.94 Å². The fourth-order valence-corrected chi connectivity index (χ4v) is 0.855. The van der Waals surface area contributed by atoms with Gasteiger partial charge in [0.2, 0.25) is 0 Å². The third-order valence-electron chi connectivity index (χ3n) is 1.34. The molecule has 0 aliphatic carbocycles. The summed E-state index contributed by atoms with van der Waals surface area (Å²) in [6.07, 6.45) is 7.33. The molecule has 0 spiro atoms. The molecule has 0 saturated heterocycles. The first-order valence-corrected chi connectivity index (χ1v) is 3.40. The molecule has 0 amide bonds. The van der Waals surface area contributed by atoms with E-state index in [1.54, 1.807) is 9.46 Å². The minimum absolute atomic E-state index is 1.62. The van der Waals surface area contributed by atoms with Crippen LogP contribution in [0, 0.1) is 0 Å². The zero-order valence-electron chi connectivity index (χ0n) is 5.92. The highest BCUT2D eigenvalue weighted by atomic mass is 16.8. The van der Waals surface area contributed by atoms with Crippen LogP contribution in [-0.2, 0) is 0 Å². The molecular formula is C8H8N2O. The maximum absolute atomic E-state index is 5.29. The van der Waals surface area contributed by atoms with E-state index in [0.29, 0.717) is 0 Å². The average molecular weight is 148 g/mol. The largest absolute Gasteiger partial charge is 0.283 e. The fraction of sp³-hybridized carbons (Fsp3) is 0. The van der Waals surface area contributed by atoms with Crippen molar-refractivity contribution in [3.05, 3.63) is 49.1 Å². The summed E-state index contributed by atoms with van der Waals surface area (Å²) in [5, 5.41) is 0. The minimum Gasteiger partial charge on any atom is -0.283 e. The van der Waals surface area contributed by atoms with Gasteiger partial charge in [-0.2, -0.15) is 9.46 Å². The zero-order chi connectivity index (χ0) is 7.52. The molecule has 0 aliphatic rings. The van der Waals surface area contributed by atoms with Crippen molar-refractivity contribution < 1.29 is 4.94 Å². The molecule has 0 bridgehead atoms. The van der Waals surface area contributed by atoms with Crippen molar-refractivity contribution in [1.82, 2.24) is 9.46 Å². The maximum Gasteiger partial charge on any atom is 0.0464 e. The monoisotopic (exact) mass is 148 g/mol. The number of rotatable bonds is 2. The summed E-state index contributed by atoms with van der Waals surface area (Å²) in [4.78, 5) is 5.29. The fourth-order valence-electron chi connectivity index (χ4n) is 0.855. The first kappa shape index (κ1) is 6.09. The normalized spacial score (nSPS) is 9.82. The van der Waals surface area contributed by atoms with Crippen molar-refractivity contribution in [3.63, 3.8) is 0 Å². The van der Waals surface area contributed by atoms with E-state index in [1.807, 2.05) is 49.1 Å². The molecule has 56 valence electrons. The quantitative estimate of drug-likeness (QED) is 0.625. The Bertz CT molecular complexity index is 264. The van der Waals surface area contributed by atoms with Gasteiger partial charge in [0, 0.05) is 24.8 Å². The van der Waals surface area contributed by atoms with Crippen molar-refractivity contribution >= 4 is 0 Å². The molecule has 11 heavy (non-hydrogen) atoms. The van der Waals surface area contributed by atoms with Crippen molar-refractivity contribution in [2.45, 2.75) is 0 Å². The topological polar surface area (TPSA) is 19.1 Å². The lowest BCUT2D eigenvalue weighted by Gasteiger charge is -2.03. The Hall–Kier alpha value is -1.64. The second-order valence-corrected chi connectivity index (χ2v) is 2.17. The molecule has 0 unspecified atom stereocenters. The molecule has 3 heteroatoms. The van der Waals surface area contributed by atoms with E-state index in [1.165, 1.54) is 0 Å². The number of hydrogen-bond donors (Lipinski definition) is 0. The average Bonchev–Trinajstić information content (AvgIpc) is 2.60. The van der Waals surface area contributed by atoms with E-state index in [4.69, 9.17) is 4.94 Å². The Kier molecular flexibility index (Phi) is 1.41. The summed E-state index contributed by atoms with van der Waals surface area (Å²) in [6, 6.07) is 7.62. The minimum atomic E-state index is 1.62. The van der Waals surface area contributed by atoms with E-state index < -0.39 is 0 Å². The van der Waals surface area contributed by atoms with Gasteiger partial charge in [-0.05, 0) is 24.3 Å². The molecule has 0 atom stereocenters. The molecule has 2 aromatic rings. The molecule has 0 fully saturated rings. The third-order valence-corrected chi connectivity index (χ3v) is 1.34. The first-order chi connectivity index (χ1) is 5.45. The lowest BCUT2D eigenvalue weighted by Crippen LogP contribution is -2.13. The van der Waals surface area contributed by atoms with Gasteiger partial charge in [0.15, 0.2) is 0 Å². The Balaban J connectivity index is 2.14. The molecule has 0 radical (unpaired) electrons. The molecule has 0 aromatic carbocycles. The van der Waals surface area contributed by atoms with Crippen molar-refractivity contribution in [2.24, 2.45) is 0 Å². The highest BCUT2D eigenvalue weighted by molar-refractivity contribution is 4.90. The van der Waals surface area contributed by atoms with E-state index in [-0.39, 0.29) is 0 Å². The van der Waals surface area contributed by atoms with E-state index >= 15 is 0 Å². The second kappa shape index (κ2) is 2.54. The predicted molar refractivity (Wildman–Crippen MR) is 40.8 cm³/mol. The van der Waals surface area contributed by atoms with E-state index in [2.05, 4.69) is 0 Å². The third kappa shape index (κ3) is 1.26. The highest BCUT2D eigenvalue weighted by Crippen LogP contribution is 1.89. The molecule has 0 aliphatic heterocycles. The second-order valence-electron chi connectivity index (χ2n) is 2.17. The summed E-state index contributed by atoms with van der Waals surface area (Å²) < 4.78 is 3.25. The van der Waals surface area contributed by atoms with Gasteiger partial charge in [-0.1, -0.05) is 0 Å². The summed E-state index contributed by atoms with van der Waals surface area (Å²) >= 11 is 0. The maximum atomic E-state index is 5.29. The Morgan fingerprint density at radius 2 is 1.00 bits per heavy atom. The van der Waals surface area contributed by atoms with Crippen LogP contribution in [0.3, 0.4) is 0 Å². The van der Waals surface area contributed by atoms with Gasteiger partial charge in [-0.25, -0.2) is 0 Å². The van der Waals surface area contributed by atoms with Gasteiger partial charge in [0.1, 0.15) is 0 Å². The Morgan fingerprint density at radius 3 is 1.36 bits per heavy atom. The number of hydrogen-bond acceptors (Lipinski definition) is 1. The van der Waals surface area contributed by atoms with Crippen molar-refractivity contribution in [1.29, 1.82) is 0 Å². The van der Waals surface area contributed by atoms with Crippen LogP contribution in [0.5, 0.6) is 0 Å². The lowest BCUT2D eigenvalue weighted by molar-refractivity contribution is 0.0360. The van der Waals surface area contributed by atoms with Crippen LogP contribution in [0.25, 0.3) is 0 Å². The van der Waals surface area contributed by atoms with Gasteiger partial charge >= 0.3 is 0 Å². The summed E-state index contributed by atoms with van der Waals surface area (Å²) in [6.45, 7) is 0. The van der Waals surface area contributed by atoms with Gasteiger partial charge in [-0.3, -0.25) is 4.94 Å². The summed E-state index contributed by atoms with van der Waals surface area (Å²) in [7, 11) is 0. The van der Waals surface area contributed by atoms with Crippen LogP contribution in [0.2, 0.25) is 0 Å². The first-order valence-electron chi connectivity index (χ1n) is 3.40. The van der Waals surface area contributed by atoms with Crippen LogP contribution in [0.4, 0.5) is 0 Å². The Labute approximate surface area is 64.3 Å². The van der Waals surface area contributed by atoms with E-state index in [0.717, 1.165) is 0 Å². The molecule has 2 heterocycles. The standard InChI is InChI=1S/C8H8N2O/c1-2-6-9(5-1)11-10-7-3-4-8-10/h1-8H. The van der Waals surface area contributed by atoms with E-state index in [9.17, 15) is 0 Å². The van der Waals surface area contributed by atoms with Crippen LogP contribution in [0.15, 0.2) is 49.1 Å². The highest BCUT2D eigenvalue weighted by Gasteiger charge is 1.87. The molecule has 0 N–H and O–H groups in total.